The van der Waals surface area contributed by atoms with Crippen LogP contribution in [0.15, 0.2) is 24.3 Å². The summed E-state index contributed by atoms with van der Waals surface area (Å²) >= 11 is 0. The van der Waals surface area contributed by atoms with Crippen molar-refractivity contribution in [2.45, 2.75) is 412 Å². The molecule has 510 valence electrons. The number of phosphoric ester groups is 1. The van der Waals surface area contributed by atoms with Crippen LogP contribution < -0.4 is 5.32 Å². The van der Waals surface area contributed by atoms with E-state index < -0.39 is 20.0 Å². The van der Waals surface area contributed by atoms with Crippen LogP contribution in [0.1, 0.15) is 400 Å². The summed E-state index contributed by atoms with van der Waals surface area (Å²) < 4.78 is 30.9. The Balaban J connectivity index is 4.93. The predicted octanol–water partition coefficient (Wildman–Crippen LogP) is 24.4. The topological polar surface area (TPSA) is 111 Å². The molecule has 0 aromatic carbocycles. The summed E-state index contributed by atoms with van der Waals surface area (Å²) in [5.74, 6) is -0.481. The van der Waals surface area contributed by atoms with Crippen molar-refractivity contribution in [3.05, 3.63) is 24.3 Å². The number of rotatable bonds is 71. The molecule has 0 bridgehead atoms. The van der Waals surface area contributed by atoms with Crippen molar-refractivity contribution < 1.29 is 37.3 Å². The molecule has 0 heterocycles. The first-order valence-corrected chi connectivity index (χ1v) is 39.7. The second-order valence-electron chi connectivity index (χ2n) is 27.5. The third-order valence-corrected chi connectivity index (χ3v) is 18.6. The van der Waals surface area contributed by atoms with Crippen molar-refractivity contribution in [2.75, 3.05) is 40.9 Å². The molecule has 0 saturated carbocycles. The lowest BCUT2D eigenvalue weighted by Gasteiger charge is -2.27. The first kappa shape index (κ1) is 84.5. The number of nitrogens with zero attached hydrogens (tertiary/aromatic N) is 1. The molecule has 0 aromatic rings. The van der Waals surface area contributed by atoms with Crippen molar-refractivity contribution >= 4 is 19.7 Å². The van der Waals surface area contributed by atoms with Crippen LogP contribution in [-0.2, 0) is 27.9 Å². The number of carbonyl (C=O) groups is 2. The number of hydrogen-bond acceptors (Lipinski definition) is 6. The highest BCUT2D eigenvalue weighted by Crippen LogP contribution is 2.43. The van der Waals surface area contributed by atoms with Crippen molar-refractivity contribution in [3.8, 4) is 0 Å². The zero-order valence-corrected chi connectivity index (χ0v) is 59.5. The lowest BCUT2D eigenvalue weighted by molar-refractivity contribution is -0.870. The fourth-order valence-electron chi connectivity index (χ4n) is 11.8. The molecule has 86 heavy (non-hydrogen) atoms. The molecule has 0 aliphatic carbocycles. The molecule has 2 N–H and O–H groups in total. The number of unbranched alkanes of at least 4 members (excludes halogenated alkanes) is 53. The second kappa shape index (κ2) is 66.4. The van der Waals surface area contributed by atoms with Gasteiger partial charge in [0.1, 0.15) is 19.3 Å². The molecular weight excluding hydrogens is 1080 g/mol. The Bertz CT molecular complexity index is 1520. The number of likely N-dealkylation sites (N-methyl/N-ethyl adjacent to an activating group) is 1. The summed E-state index contributed by atoms with van der Waals surface area (Å²) in [5, 5.41) is 3.08. The fourth-order valence-corrected chi connectivity index (χ4v) is 12.5. The second-order valence-corrected chi connectivity index (χ2v) is 29.0. The molecule has 3 unspecified atom stereocenters. The predicted molar refractivity (Wildman–Crippen MR) is 374 cm³/mol. The quantitative estimate of drug-likeness (QED) is 0.0205. The zero-order chi connectivity index (χ0) is 62.8. The molecule has 1 amide bonds. The fraction of sp³-hybridized carbons (Fsp3) is 0.921. The van der Waals surface area contributed by atoms with Gasteiger partial charge in [0, 0.05) is 12.8 Å². The summed E-state index contributed by atoms with van der Waals surface area (Å²) in [5.41, 5.74) is 0. The summed E-state index contributed by atoms with van der Waals surface area (Å²) in [6.45, 7) is 7.09. The Labute approximate surface area is 536 Å². The van der Waals surface area contributed by atoms with Crippen LogP contribution in [0.2, 0.25) is 0 Å². The van der Waals surface area contributed by atoms with E-state index in [-0.39, 0.29) is 25.1 Å². The van der Waals surface area contributed by atoms with Gasteiger partial charge >= 0.3 is 13.8 Å². The van der Waals surface area contributed by atoms with Crippen LogP contribution in [0.25, 0.3) is 0 Å². The van der Waals surface area contributed by atoms with Gasteiger partial charge in [-0.1, -0.05) is 354 Å². The summed E-state index contributed by atoms with van der Waals surface area (Å²) in [6, 6.07) is -0.844. The molecule has 0 aliphatic heterocycles. The van der Waals surface area contributed by atoms with E-state index in [2.05, 4.69) is 44.3 Å². The molecule has 0 radical (unpaired) electrons. The summed E-state index contributed by atoms with van der Waals surface area (Å²) in [6.07, 6.45) is 82.1. The molecule has 0 aromatic heterocycles. The lowest BCUT2D eigenvalue weighted by atomic mass is 10.0. The maximum Gasteiger partial charge on any atom is 0.472 e. The number of phosphoric acid groups is 1. The Morgan fingerprint density at radius 1 is 0.395 bits per heavy atom. The minimum Gasteiger partial charge on any atom is -0.456 e. The van der Waals surface area contributed by atoms with Crippen LogP contribution in [0.5, 0.6) is 0 Å². The normalized spacial score (nSPS) is 13.5. The zero-order valence-electron chi connectivity index (χ0n) is 58.6. The maximum atomic E-state index is 13.6. The Morgan fingerprint density at radius 2 is 0.674 bits per heavy atom. The molecule has 0 fully saturated rings. The molecule has 0 saturated heterocycles. The van der Waals surface area contributed by atoms with Gasteiger partial charge in [-0.05, 0) is 57.4 Å². The Hall–Kier alpha value is -1.51. The third-order valence-electron chi connectivity index (χ3n) is 17.6. The van der Waals surface area contributed by atoms with Gasteiger partial charge in [0.15, 0.2) is 0 Å². The highest BCUT2D eigenvalue weighted by molar-refractivity contribution is 7.47. The van der Waals surface area contributed by atoms with Gasteiger partial charge in [0.05, 0.1) is 33.8 Å². The van der Waals surface area contributed by atoms with Crippen molar-refractivity contribution in [1.82, 2.24) is 5.32 Å². The van der Waals surface area contributed by atoms with Crippen LogP contribution in [0, 0.1) is 0 Å². The first-order valence-electron chi connectivity index (χ1n) is 38.2. The number of allylic oxidation sites excluding steroid dienone is 3. The number of carbonyl (C=O) groups excluding carboxylic acids is 2. The van der Waals surface area contributed by atoms with Crippen LogP contribution >= 0.6 is 7.82 Å². The number of quaternary nitrogens is 1. The van der Waals surface area contributed by atoms with Crippen molar-refractivity contribution in [1.29, 1.82) is 0 Å². The van der Waals surface area contributed by atoms with Gasteiger partial charge in [0.25, 0.3) is 0 Å². The van der Waals surface area contributed by atoms with Crippen LogP contribution in [0.4, 0.5) is 0 Å². The average molecular weight is 1240 g/mol. The minimum atomic E-state index is -4.45. The van der Waals surface area contributed by atoms with E-state index in [4.69, 9.17) is 13.8 Å². The van der Waals surface area contributed by atoms with Crippen molar-refractivity contribution in [3.63, 3.8) is 0 Å². The third kappa shape index (κ3) is 66.9. The van der Waals surface area contributed by atoms with Crippen LogP contribution in [0.3, 0.4) is 0 Å². The summed E-state index contributed by atoms with van der Waals surface area (Å²) in [4.78, 5) is 38.0. The van der Waals surface area contributed by atoms with Gasteiger partial charge in [-0.3, -0.25) is 18.6 Å². The van der Waals surface area contributed by atoms with Gasteiger partial charge in [-0.2, -0.15) is 0 Å². The molecular formula is C76H150N2O7P+. The van der Waals surface area contributed by atoms with Gasteiger partial charge < -0.3 is 19.4 Å². The highest BCUT2D eigenvalue weighted by Gasteiger charge is 2.30. The number of esters is 1. The average Bonchev–Trinajstić information content (AvgIpc) is 3.69. The molecule has 3 atom stereocenters. The highest BCUT2D eigenvalue weighted by atomic mass is 31.2. The monoisotopic (exact) mass is 1230 g/mol. The first-order chi connectivity index (χ1) is 41.9. The molecule has 0 rings (SSSR count). The van der Waals surface area contributed by atoms with E-state index in [0.29, 0.717) is 23.9 Å². The van der Waals surface area contributed by atoms with E-state index in [1.54, 1.807) is 0 Å². The Kier molecular flexibility index (Phi) is 65.2. The van der Waals surface area contributed by atoms with Gasteiger partial charge in [-0.25, -0.2) is 4.57 Å². The van der Waals surface area contributed by atoms with Gasteiger partial charge in [-0.15, -0.1) is 0 Å². The summed E-state index contributed by atoms with van der Waals surface area (Å²) in [7, 11) is 1.52. The van der Waals surface area contributed by atoms with Crippen molar-refractivity contribution in [2.24, 2.45) is 0 Å². The number of nitrogens with one attached hydrogen (secondary N) is 1. The number of ether oxygens (including phenoxy) is 1. The van der Waals surface area contributed by atoms with E-state index >= 15 is 0 Å². The van der Waals surface area contributed by atoms with E-state index in [1.165, 1.54) is 308 Å². The number of hydrogen-bond donors (Lipinski definition) is 2. The Morgan fingerprint density at radius 3 is 0.988 bits per heavy atom. The minimum absolute atomic E-state index is 0.0444. The molecule has 9 nitrogen and oxygen atoms in total. The van der Waals surface area contributed by atoms with Gasteiger partial charge in [0.2, 0.25) is 5.91 Å². The molecule has 0 spiro atoms. The van der Waals surface area contributed by atoms with E-state index in [0.717, 1.165) is 57.8 Å². The molecule has 0 aliphatic rings. The van der Waals surface area contributed by atoms with E-state index in [9.17, 15) is 19.0 Å². The van der Waals surface area contributed by atoms with Crippen LogP contribution in [-0.4, -0.2) is 74.3 Å². The largest absolute Gasteiger partial charge is 0.472 e. The smallest absolute Gasteiger partial charge is 0.456 e. The van der Waals surface area contributed by atoms with E-state index in [1.807, 2.05) is 27.2 Å². The number of amides is 1. The maximum absolute atomic E-state index is 13.6. The lowest BCUT2D eigenvalue weighted by Crippen LogP contribution is -2.47. The standard InChI is InChI=1S/C76H149N2O7P/c1-7-10-13-16-19-22-25-28-30-32-34-36-37-38-39-40-41-43-44-46-48-50-53-56-59-62-65-68-75(79)77-73(72-84-86(81,82)83-71-70-78(4,5)6)74(67-64-61-58-55-52-27-24-21-18-15-12-9-3)85-76(80)69-66-63-60-57-54-51-49-47-45-42-35-33-31-29-26-23-20-17-14-11-8-2/h29,31,64,67,73-74H,7-28,30,32-63,65-66,68-72H2,1-6H3,(H-,77,79,81,82)/p+1/b31-29+,67-64+. The SMILES string of the molecule is CCCCCCCC/C=C/CCCCCCCCCCCCCC(=O)OC(/C=C/CCCCCCCCCCCC)C(COP(=O)(O)OCC[N+](C)(C)C)NC(=O)CCCCCCCCCCCCCCCCCCCCCCCCCCCCC. The molecule has 10 heteroatoms.